The van der Waals surface area contributed by atoms with Crippen LogP contribution in [-0.2, 0) is 17.6 Å². The van der Waals surface area contributed by atoms with Crippen molar-refractivity contribution in [3.63, 3.8) is 0 Å². The van der Waals surface area contributed by atoms with Gasteiger partial charge in [-0.3, -0.25) is 4.79 Å². The molecule has 2 aliphatic heterocycles. The summed E-state index contributed by atoms with van der Waals surface area (Å²) < 4.78 is 0. The Hall–Kier alpha value is -1.84. The van der Waals surface area contributed by atoms with E-state index in [1.807, 2.05) is 29.2 Å². The highest BCUT2D eigenvalue weighted by Gasteiger charge is 2.46. The topological polar surface area (TPSA) is 23.6 Å². The van der Waals surface area contributed by atoms with E-state index in [4.69, 9.17) is 11.6 Å². The van der Waals surface area contributed by atoms with E-state index >= 15 is 0 Å². The molecule has 2 aliphatic rings. The van der Waals surface area contributed by atoms with Crippen molar-refractivity contribution >= 4 is 17.5 Å². The zero-order valence-electron chi connectivity index (χ0n) is 16.4. The zero-order chi connectivity index (χ0) is 19.4. The predicted molar refractivity (Wildman–Crippen MR) is 115 cm³/mol. The quantitative estimate of drug-likeness (QED) is 0.720. The smallest absolute Gasteiger partial charge is 0.227 e. The summed E-state index contributed by atoms with van der Waals surface area (Å²) in [6.07, 6.45) is 5.32. The van der Waals surface area contributed by atoms with E-state index in [0.29, 0.717) is 11.8 Å². The number of hydrogen-bond donors (Lipinski definition) is 0. The highest BCUT2D eigenvalue weighted by molar-refractivity contribution is 6.30. The highest BCUT2D eigenvalue weighted by Crippen LogP contribution is 2.40. The molecule has 0 saturated carbocycles. The molecule has 2 heterocycles. The van der Waals surface area contributed by atoms with Gasteiger partial charge in [0.1, 0.15) is 0 Å². The molecule has 28 heavy (non-hydrogen) atoms. The summed E-state index contributed by atoms with van der Waals surface area (Å²) in [7, 11) is 0. The van der Waals surface area contributed by atoms with Crippen molar-refractivity contribution in [2.24, 2.45) is 5.41 Å². The number of hydrogen-bond acceptors (Lipinski definition) is 2. The third-order valence-electron chi connectivity index (χ3n) is 6.37. The molecule has 2 aromatic carbocycles. The molecular weight excluding hydrogens is 368 g/mol. The number of nitrogens with zero attached hydrogens (tertiary/aromatic N) is 2. The molecule has 0 atom stereocenters. The molecule has 0 bridgehead atoms. The second kappa shape index (κ2) is 8.67. The first-order valence-electron chi connectivity index (χ1n) is 10.4. The van der Waals surface area contributed by atoms with Crippen LogP contribution in [0.2, 0.25) is 5.02 Å². The second-order valence-corrected chi connectivity index (χ2v) is 8.92. The van der Waals surface area contributed by atoms with Gasteiger partial charge in [0.2, 0.25) is 5.91 Å². The Bertz CT molecular complexity index is 774. The van der Waals surface area contributed by atoms with E-state index in [2.05, 4.69) is 35.2 Å². The second-order valence-electron chi connectivity index (χ2n) is 8.48. The fraction of sp³-hybridized carbons (Fsp3) is 0.458. The zero-order valence-corrected chi connectivity index (χ0v) is 17.2. The van der Waals surface area contributed by atoms with Crippen molar-refractivity contribution < 1.29 is 4.79 Å². The first-order valence-corrected chi connectivity index (χ1v) is 10.8. The maximum absolute atomic E-state index is 12.5. The summed E-state index contributed by atoms with van der Waals surface area (Å²) in [6, 6.07) is 18.4. The van der Waals surface area contributed by atoms with Crippen molar-refractivity contribution in [1.29, 1.82) is 0 Å². The average Bonchev–Trinajstić information content (AvgIpc) is 2.69. The number of likely N-dealkylation sites (tertiary alicyclic amines) is 2. The molecule has 0 aromatic heterocycles. The lowest BCUT2D eigenvalue weighted by molar-refractivity contribution is -0.146. The van der Waals surface area contributed by atoms with Gasteiger partial charge in [-0.15, -0.1) is 0 Å². The Morgan fingerprint density at radius 2 is 1.61 bits per heavy atom. The summed E-state index contributed by atoms with van der Waals surface area (Å²) in [5.41, 5.74) is 2.86. The number of amides is 1. The SMILES string of the molecule is O=C(Cc1ccc(Cl)cc1)N1CC2(CCN(CCCc3ccccc3)CC2)C1. The Morgan fingerprint density at radius 1 is 0.929 bits per heavy atom. The van der Waals surface area contributed by atoms with E-state index in [0.717, 1.165) is 30.1 Å². The Labute approximate surface area is 173 Å². The summed E-state index contributed by atoms with van der Waals surface area (Å²) in [5, 5.41) is 0.717. The molecule has 0 radical (unpaired) electrons. The van der Waals surface area contributed by atoms with Crippen LogP contribution in [0.1, 0.15) is 30.4 Å². The largest absolute Gasteiger partial charge is 0.341 e. The average molecular weight is 397 g/mol. The number of carbonyl (C=O) groups is 1. The van der Waals surface area contributed by atoms with Crippen molar-refractivity contribution in [3.05, 3.63) is 70.7 Å². The van der Waals surface area contributed by atoms with Gasteiger partial charge in [-0.05, 0) is 68.6 Å². The number of carbonyl (C=O) groups excluding carboxylic acids is 1. The van der Waals surface area contributed by atoms with E-state index < -0.39 is 0 Å². The van der Waals surface area contributed by atoms with Crippen molar-refractivity contribution in [2.75, 3.05) is 32.7 Å². The maximum atomic E-state index is 12.5. The molecule has 4 heteroatoms. The number of rotatable bonds is 6. The van der Waals surface area contributed by atoms with Crippen molar-refractivity contribution in [3.8, 4) is 0 Å². The van der Waals surface area contributed by atoms with Gasteiger partial charge in [-0.25, -0.2) is 0 Å². The number of piperidine rings is 1. The molecule has 2 aromatic rings. The van der Waals surface area contributed by atoms with Gasteiger partial charge >= 0.3 is 0 Å². The van der Waals surface area contributed by atoms with Crippen LogP contribution in [0.15, 0.2) is 54.6 Å². The fourth-order valence-corrected chi connectivity index (χ4v) is 4.67. The third kappa shape index (κ3) is 4.76. The lowest BCUT2D eigenvalue weighted by Gasteiger charge is -2.54. The fourth-order valence-electron chi connectivity index (χ4n) is 4.55. The minimum Gasteiger partial charge on any atom is -0.341 e. The van der Waals surface area contributed by atoms with E-state index in [-0.39, 0.29) is 5.91 Å². The third-order valence-corrected chi connectivity index (χ3v) is 6.63. The van der Waals surface area contributed by atoms with Crippen LogP contribution in [0.25, 0.3) is 0 Å². The standard InChI is InChI=1S/C24H29ClN2O/c25-22-10-8-21(9-11-22)17-23(28)27-18-24(19-27)12-15-26(16-13-24)14-4-7-20-5-2-1-3-6-20/h1-3,5-6,8-11H,4,7,12-19H2. The number of halogens is 1. The highest BCUT2D eigenvalue weighted by atomic mass is 35.5. The van der Waals surface area contributed by atoms with E-state index in [1.54, 1.807) is 0 Å². The van der Waals surface area contributed by atoms with Crippen LogP contribution in [0.3, 0.4) is 0 Å². The Kier molecular flexibility index (Phi) is 6.03. The number of aryl methyl sites for hydroxylation is 1. The number of benzene rings is 2. The van der Waals surface area contributed by atoms with Gasteiger partial charge in [-0.2, -0.15) is 0 Å². The molecule has 1 spiro atoms. The van der Waals surface area contributed by atoms with Gasteiger partial charge in [-0.1, -0.05) is 54.1 Å². The predicted octanol–water partition coefficient (Wildman–Crippen LogP) is 4.44. The Balaban J connectivity index is 1.16. The molecule has 2 fully saturated rings. The van der Waals surface area contributed by atoms with E-state index in [9.17, 15) is 4.79 Å². The molecule has 3 nitrogen and oxygen atoms in total. The molecule has 2 saturated heterocycles. The van der Waals surface area contributed by atoms with E-state index in [1.165, 1.54) is 44.5 Å². The first kappa shape index (κ1) is 19.5. The summed E-state index contributed by atoms with van der Waals surface area (Å²) in [6.45, 7) is 5.42. The normalized spacial score (nSPS) is 18.8. The van der Waals surface area contributed by atoms with Crippen LogP contribution >= 0.6 is 11.6 Å². The van der Waals surface area contributed by atoms with Gasteiger partial charge < -0.3 is 9.80 Å². The molecule has 148 valence electrons. The lowest BCUT2D eigenvalue weighted by Crippen LogP contribution is -2.62. The molecular formula is C24H29ClN2O. The van der Waals surface area contributed by atoms with Gasteiger partial charge in [0.15, 0.2) is 0 Å². The molecule has 0 N–H and O–H groups in total. The molecule has 4 rings (SSSR count). The summed E-state index contributed by atoms with van der Waals surface area (Å²) >= 11 is 5.92. The molecule has 1 amide bonds. The van der Waals surface area contributed by atoms with Crippen LogP contribution in [0.5, 0.6) is 0 Å². The van der Waals surface area contributed by atoms with Crippen LogP contribution in [-0.4, -0.2) is 48.4 Å². The summed E-state index contributed by atoms with van der Waals surface area (Å²) in [5.74, 6) is 0.248. The maximum Gasteiger partial charge on any atom is 0.227 e. The van der Waals surface area contributed by atoms with Crippen LogP contribution < -0.4 is 0 Å². The minimum atomic E-state index is 0.248. The minimum absolute atomic E-state index is 0.248. The van der Waals surface area contributed by atoms with Gasteiger partial charge in [0.25, 0.3) is 0 Å². The lowest BCUT2D eigenvalue weighted by atomic mass is 9.71. The Morgan fingerprint density at radius 3 is 2.29 bits per heavy atom. The molecule has 0 unspecified atom stereocenters. The van der Waals surface area contributed by atoms with Gasteiger partial charge in [0.05, 0.1) is 6.42 Å². The summed E-state index contributed by atoms with van der Waals surface area (Å²) in [4.78, 5) is 17.2. The van der Waals surface area contributed by atoms with Gasteiger partial charge in [0, 0.05) is 23.5 Å². The van der Waals surface area contributed by atoms with Crippen LogP contribution in [0, 0.1) is 5.41 Å². The van der Waals surface area contributed by atoms with Crippen molar-refractivity contribution in [2.45, 2.75) is 32.1 Å². The monoisotopic (exact) mass is 396 g/mol. The molecule has 0 aliphatic carbocycles. The first-order chi connectivity index (χ1) is 13.6. The van der Waals surface area contributed by atoms with Crippen LogP contribution in [0.4, 0.5) is 0 Å². The van der Waals surface area contributed by atoms with Crippen molar-refractivity contribution in [1.82, 2.24) is 9.80 Å².